The van der Waals surface area contributed by atoms with Crippen molar-refractivity contribution in [2.24, 2.45) is 5.73 Å². The van der Waals surface area contributed by atoms with E-state index in [4.69, 9.17) is 10.3 Å². The van der Waals surface area contributed by atoms with Crippen molar-refractivity contribution in [3.8, 4) is 11.5 Å². The lowest BCUT2D eigenvalue weighted by Gasteiger charge is -1.96. The first-order valence-electron chi connectivity index (χ1n) is 4.69. The van der Waals surface area contributed by atoms with Crippen LogP contribution in [0.4, 0.5) is 8.78 Å². The lowest BCUT2D eigenvalue weighted by Crippen LogP contribution is -2.03. The summed E-state index contributed by atoms with van der Waals surface area (Å²) in [6.45, 7) is 0.380. The van der Waals surface area contributed by atoms with Crippen molar-refractivity contribution in [1.82, 2.24) is 10.1 Å². The van der Waals surface area contributed by atoms with Crippen molar-refractivity contribution in [3.63, 3.8) is 0 Å². The first kappa shape index (κ1) is 10.7. The number of nitrogens with zero attached hydrogens (tertiary/aromatic N) is 2. The number of aromatic nitrogens is 2. The van der Waals surface area contributed by atoms with Crippen molar-refractivity contribution < 1.29 is 13.3 Å². The van der Waals surface area contributed by atoms with Gasteiger partial charge in [0.15, 0.2) is 5.82 Å². The second-order valence-electron chi connectivity index (χ2n) is 3.18. The number of nitrogens with two attached hydrogens (primary N) is 1. The third-order valence-corrected chi connectivity index (χ3v) is 2.00. The molecule has 0 saturated heterocycles. The van der Waals surface area contributed by atoms with E-state index in [-0.39, 0.29) is 11.5 Å². The third kappa shape index (κ3) is 2.06. The van der Waals surface area contributed by atoms with Crippen LogP contribution in [-0.2, 0) is 6.42 Å². The number of halogens is 2. The van der Waals surface area contributed by atoms with E-state index < -0.39 is 11.6 Å². The molecular weight excluding hydrogens is 216 g/mol. The van der Waals surface area contributed by atoms with E-state index in [0.29, 0.717) is 18.8 Å². The van der Waals surface area contributed by atoms with Crippen LogP contribution in [0.2, 0.25) is 0 Å². The summed E-state index contributed by atoms with van der Waals surface area (Å²) in [4.78, 5) is 3.94. The summed E-state index contributed by atoms with van der Waals surface area (Å²) in [7, 11) is 0. The molecular formula is C10H9F2N3O. The number of rotatable bonds is 3. The molecule has 0 amide bonds. The second kappa shape index (κ2) is 4.36. The highest BCUT2D eigenvalue weighted by Gasteiger charge is 2.13. The molecule has 0 aliphatic heterocycles. The van der Waals surface area contributed by atoms with Crippen LogP contribution in [0, 0.1) is 11.6 Å². The van der Waals surface area contributed by atoms with Gasteiger partial charge in [-0.2, -0.15) is 4.98 Å². The van der Waals surface area contributed by atoms with Crippen LogP contribution < -0.4 is 5.73 Å². The Kier molecular flexibility index (Phi) is 2.91. The molecule has 0 aliphatic rings. The molecule has 1 aromatic carbocycles. The average molecular weight is 225 g/mol. The number of benzene rings is 1. The van der Waals surface area contributed by atoms with Crippen molar-refractivity contribution in [1.29, 1.82) is 0 Å². The van der Waals surface area contributed by atoms with E-state index in [1.807, 2.05) is 0 Å². The van der Waals surface area contributed by atoms with Crippen LogP contribution in [0.5, 0.6) is 0 Å². The van der Waals surface area contributed by atoms with Crippen molar-refractivity contribution in [2.45, 2.75) is 6.42 Å². The lowest BCUT2D eigenvalue weighted by atomic mass is 10.2. The molecule has 2 aromatic rings. The van der Waals surface area contributed by atoms with Gasteiger partial charge in [-0.3, -0.25) is 0 Å². The van der Waals surface area contributed by atoms with Crippen molar-refractivity contribution in [3.05, 3.63) is 35.7 Å². The van der Waals surface area contributed by atoms with Gasteiger partial charge >= 0.3 is 0 Å². The minimum absolute atomic E-state index is 0.0287. The predicted molar refractivity (Wildman–Crippen MR) is 52.4 cm³/mol. The smallest absolute Gasteiger partial charge is 0.260 e. The molecule has 1 heterocycles. The summed E-state index contributed by atoms with van der Waals surface area (Å²) in [5, 5.41) is 3.62. The molecule has 0 aliphatic carbocycles. The molecule has 0 spiro atoms. The van der Waals surface area contributed by atoms with Gasteiger partial charge in [-0.25, -0.2) is 8.78 Å². The van der Waals surface area contributed by atoms with Gasteiger partial charge in [-0.05, 0) is 18.7 Å². The lowest BCUT2D eigenvalue weighted by molar-refractivity contribution is 0.420. The Bertz CT molecular complexity index is 499. The van der Waals surface area contributed by atoms with Gasteiger partial charge < -0.3 is 10.3 Å². The highest BCUT2D eigenvalue weighted by atomic mass is 19.1. The Morgan fingerprint density at radius 3 is 2.81 bits per heavy atom. The zero-order valence-corrected chi connectivity index (χ0v) is 8.28. The first-order valence-corrected chi connectivity index (χ1v) is 4.69. The molecule has 2 rings (SSSR count). The van der Waals surface area contributed by atoms with Crippen LogP contribution in [0.3, 0.4) is 0 Å². The van der Waals surface area contributed by atoms with Crippen LogP contribution in [0.15, 0.2) is 22.7 Å². The summed E-state index contributed by atoms with van der Waals surface area (Å²) >= 11 is 0. The summed E-state index contributed by atoms with van der Waals surface area (Å²) in [5.74, 6) is -0.951. The SMILES string of the molecule is NCCc1noc(-c2ccc(F)cc2F)n1. The molecule has 16 heavy (non-hydrogen) atoms. The average Bonchev–Trinajstić information content (AvgIpc) is 2.67. The highest BCUT2D eigenvalue weighted by Crippen LogP contribution is 2.21. The quantitative estimate of drug-likeness (QED) is 0.860. The zero-order valence-electron chi connectivity index (χ0n) is 8.28. The molecule has 0 saturated carbocycles. The topological polar surface area (TPSA) is 64.9 Å². The normalized spacial score (nSPS) is 10.7. The summed E-state index contributed by atoms with van der Waals surface area (Å²) < 4.78 is 30.8. The molecule has 2 N–H and O–H groups in total. The maximum Gasteiger partial charge on any atom is 0.260 e. The monoisotopic (exact) mass is 225 g/mol. The molecule has 4 nitrogen and oxygen atoms in total. The summed E-state index contributed by atoms with van der Waals surface area (Å²) in [6, 6.07) is 3.15. The standard InChI is InChI=1S/C10H9F2N3O/c11-6-1-2-7(8(12)5-6)10-14-9(3-4-13)15-16-10/h1-2,5H,3-4,13H2. The van der Waals surface area contributed by atoms with Crippen LogP contribution in [-0.4, -0.2) is 16.7 Å². The Morgan fingerprint density at radius 1 is 1.31 bits per heavy atom. The van der Waals surface area contributed by atoms with Crippen molar-refractivity contribution in [2.75, 3.05) is 6.54 Å². The maximum absolute atomic E-state index is 13.3. The summed E-state index contributed by atoms with van der Waals surface area (Å²) in [6.07, 6.45) is 0.451. The fraction of sp³-hybridized carbons (Fsp3) is 0.200. The molecule has 0 fully saturated rings. The van der Waals surface area contributed by atoms with E-state index >= 15 is 0 Å². The van der Waals surface area contributed by atoms with E-state index in [1.54, 1.807) is 0 Å². The Morgan fingerprint density at radius 2 is 2.12 bits per heavy atom. The van der Waals surface area contributed by atoms with Gasteiger partial charge in [0, 0.05) is 12.5 Å². The molecule has 0 bridgehead atoms. The molecule has 0 radical (unpaired) electrons. The van der Waals surface area contributed by atoms with E-state index in [0.717, 1.165) is 12.1 Å². The Balaban J connectivity index is 2.35. The Labute approximate surface area is 90.1 Å². The largest absolute Gasteiger partial charge is 0.334 e. The van der Waals surface area contributed by atoms with Gasteiger partial charge in [-0.1, -0.05) is 5.16 Å². The first-order chi connectivity index (χ1) is 7.70. The molecule has 6 heteroatoms. The number of hydrogen-bond acceptors (Lipinski definition) is 4. The zero-order chi connectivity index (χ0) is 11.5. The minimum Gasteiger partial charge on any atom is -0.334 e. The summed E-state index contributed by atoms with van der Waals surface area (Å²) in [5.41, 5.74) is 5.39. The minimum atomic E-state index is -0.733. The van der Waals surface area contributed by atoms with Gasteiger partial charge in [0.1, 0.15) is 11.6 Å². The number of hydrogen-bond donors (Lipinski definition) is 1. The van der Waals surface area contributed by atoms with Gasteiger partial charge in [0.05, 0.1) is 5.56 Å². The van der Waals surface area contributed by atoms with E-state index in [1.165, 1.54) is 6.07 Å². The van der Waals surface area contributed by atoms with E-state index in [9.17, 15) is 8.78 Å². The predicted octanol–water partition coefficient (Wildman–Crippen LogP) is 1.52. The second-order valence-corrected chi connectivity index (χ2v) is 3.18. The molecule has 1 aromatic heterocycles. The Hall–Kier alpha value is -1.82. The van der Waals surface area contributed by atoms with Gasteiger partial charge in [-0.15, -0.1) is 0 Å². The molecule has 84 valence electrons. The highest BCUT2D eigenvalue weighted by molar-refractivity contribution is 5.53. The van der Waals surface area contributed by atoms with Crippen LogP contribution in [0.25, 0.3) is 11.5 Å². The van der Waals surface area contributed by atoms with Crippen molar-refractivity contribution >= 4 is 0 Å². The molecule has 0 atom stereocenters. The third-order valence-electron chi connectivity index (χ3n) is 2.00. The van der Waals surface area contributed by atoms with Gasteiger partial charge in [0.2, 0.25) is 0 Å². The van der Waals surface area contributed by atoms with E-state index in [2.05, 4.69) is 10.1 Å². The fourth-order valence-electron chi connectivity index (χ4n) is 1.26. The maximum atomic E-state index is 13.3. The van der Waals surface area contributed by atoms with Gasteiger partial charge in [0.25, 0.3) is 5.89 Å². The molecule has 0 unspecified atom stereocenters. The van der Waals surface area contributed by atoms with Crippen LogP contribution in [0.1, 0.15) is 5.82 Å². The van der Waals surface area contributed by atoms with Crippen LogP contribution >= 0.6 is 0 Å². The fourth-order valence-corrected chi connectivity index (χ4v) is 1.26.